The van der Waals surface area contributed by atoms with Gasteiger partial charge in [0.1, 0.15) is 4.90 Å². The Morgan fingerprint density at radius 1 is 0.912 bits per heavy atom. The van der Waals surface area contributed by atoms with Crippen molar-refractivity contribution < 1.29 is 58.8 Å². The van der Waals surface area contributed by atoms with Crippen molar-refractivity contribution in [2.24, 2.45) is 5.92 Å². The van der Waals surface area contributed by atoms with E-state index in [0.29, 0.717) is 43.6 Å². The number of aliphatic hydroxyl groups excluding tert-OH is 1. The molecule has 1 unspecified atom stereocenters. The standard InChI is InChI=1S/C46H51ClF3N4O10PS3/c1-2-53(28-29-64-65(57,58)59)25-24-36(31-66-38-8-4-3-5-9-38)51-42-21-20-39(30-43(42)67(60,61)46(48,49)50)68(62,63)52-45(56)34-14-18-37(19-15-34)54-26-22-33(23-27-54)44(55)41-11-7-6-10-40(41)32-12-16-35(47)17-13-32/h3-21,30,33,36,44,51,55H,2,22-29,31H2,1H3,(H,52,56)(H2,57,58,59)/t36?,44-/m1/s1. The Labute approximate surface area is 403 Å². The molecule has 68 heavy (non-hydrogen) atoms. The van der Waals surface area contributed by atoms with E-state index in [0.717, 1.165) is 39.4 Å². The largest absolute Gasteiger partial charge is 0.501 e. The topological polar surface area (TPSA) is 203 Å². The molecule has 22 heteroatoms. The predicted molar refractivity (Wildman–Crippen MR) is 257 cm³/mol. The summed E-state index contributed by atoms with van der Waals surface area (Å²) in [6.07, 6.45) is 0.784. The van der Waals surface area contributed by atoms with Crippen molar-refractivity contribution in [1.82, 2.24) is 9.62 Å². The molecule has 1 amide bonds. The van der Waals surface area contributed by atoms with Crippen LogP contribution in [-0.4, -0.2) is 99.2 Å². The summed E-state index contributed by atoms with van der Waals surface area (Å²) in [5.41, 5.74) is -3.06. The summed E-state index contributed by atoms with van der Waals surface area (Å²) in [5, 5.41) is 15.0. The molecule has 1 saturated heterocycles. The van der Waals surface area contributed by atoms with Crippen molar-refractivity contribution in [3.05, 3.63) is 137 Å². The molecule has 5 aromatic carbocycles. The van der Waals surface area contributed by atoms with Gasteiger partial charge in [-0.15, -0.1) is 11.8 Å². The van der Waals surface area contributed by atoms with Crippen molar-refractivity contribution in [2.45, 2.75) is 58.5 Å². The second-order valence-electron chi connectivity index (χ2n) is 16.0. The molecule has 1 heterocycles. The van der Waals surface area contributed by atoms with Gasteiger partial charge in [-0.2, -0.15) is 13.2 Å². The van der Waals surface area contributed by atoms with Crippen LogP contribution in [0.3, 0.4) is 0 Å². The van der Waals surface area contributed by atoms with E-state index < -0.39 is 66.7 Å². The number of anilines is 2. The number of likely N-dealkylation sites (N-methyl/N-ethyl adjacent to an activating group) is 1. The minimum Gasteiger partial charge on any atom is -0.388 e. The number of hydrogen-bond acceptors (Lipinski definition) is 12. The summed E-state index contributed by atoms with van der Waals surface area (Å²) in [7, 11) is -15.8. The van der Waals surface area contributed by atoms with Crippen LogP contribution in [0, 0.1) is 5.92 Å². The first kappa shape index (κ1) is 52.9. The van der Waals surface area contributed by atoms with Gasteiger partial charge >= 0.3 is 13.3 Å². The molecule has 0 aromatic heterocycles. The molecular formula is C46H51ClF3N4O10PS3. The number of alkyl halides is 3. The number of phosphoric acid groups is 1. The lowest BCUT2D eigenvalue weighted by Crippen LogP contribution is -2.36. The molecule has 1 aliphatic rings. The van der Waals surface area contributed by atoms with E-state index in [4.69, 9.17) is 21.4 Å². The lowest BCUT2D eigenvalue weighted by Gasteiger charge is -2.36. The van der Waals surface area contributed by atoms with E-state index in [1.807, 2.05) is 53.3 Å². The molecule has 14 nitrogen and oxygen atoms in total. The number of aliphatic hydroxyl groups is 1. The van der Waals surface area contributed by atoms with Gasteiger partial charge in [-0.1, -0.05) is 73.1 Å². The van der Waals surface area contributed by atoms with Crippen LogP contribution in [0.15, 0.2) is 136 Å². The summed E-state index contributed by atoms with van der Waals surface area (Å²) in [5.74, 6) is -0.936. The zero-order chi connectivity index (χ0) is 49.3. The van der Waals surface area contributed by atoms with Gasteiger partial charge in [-0.05, 0) is 115 Å². The zero-order valence-electron chi connectivity index (χ0n) is 36.6. The molecule has 0 radical (unpaired) electrons. The third-order valence-corrected chi connectivity index (χ3v) is 16.3. The number of carbonyl (C=O) groups is 1. The summed E-state index contributed by atoms with van der Waals surface area (Å²) < 4.78 is 114. The van der Waals surface area contributed by atoms with E-state index in [-0.39, 0.29) is 43.4 Å². The molecule has 2 atom stereocenters. The van der Waals surface area contributed by atoms with Crippen LogP contribution in [0.2, 0.25) is 5.02 Å². The van der Waals surface area contributed by atoms with Crippen molar-refractivity contribution >= 4 is 68.3 Å². The van der Waals surface area contributed by atoms with E-state index in [1.54, 1.807) is 54.3 Å². The second-order valence-corrected chi connectivity index (χ2v) is 22.3. The van der Waals surface area contributed by atoms with Gasteiger partial charge in [-0.25, -0.2) is 26.1 Å². The van der Waals surface area contributed by atoms with Crippen molar-refractivity contribution in [3.8, 4) is 11.1 Å². The van der Waals surface area contributed by atoms with Crippen LogP contribution in [0.5, 0.6) is 0 Å². The number of sulfonamides is 1. The number of phosphoric ester groups is 1. The molecule has 366 valence electrons. The zero-order valence-corrected chi connectivity index (χ0v) is 40.7. The number of nitrogens with one attached hydrogen (secondary N) is 2. The third-order valence-electron chi connectivity index (χ3n) is 11.5. The predicted octanol–water partition coefficient (Wildman–Crippen LogP) is 8.76. The van der Waals surface area contributed by atoms with Gasteiger partial charge in [-0.3, -0.25) is 9.32 Å². The molecule has 0 spiro atoms. The van der Waals surface area contributed by atoms with E-state index in [1.165, 1.54) is 23.9 Å². The summed E-state index contributed by atoms with van der Waals surface area (Å²) in [4.78, 5) is 33.8. The average Bonchev–Trinajstić information content (AvgIpc) is 3.31. The molecular weight excluding hydrogens is 988 g/mol. The Bertz CT molecular complexity index is 2770. The first-order chi connectivity index (χ1) is 32.1. The number of hydrogen-bond donors (Lipinski definition) is 5. The van der Waals surface area contributed by atoms with E-state index in [9.17, 15) is 44.5 Å². The number of amides is 1. The van der Waals surface area contributed by atoms with Gasteiger partial charge < -0.3 is 30.0 Å². The summed E-state index contributed by atoms with van der Waals surface area (Å²) >= 11 is 7.42. The van der Waals surface area contributed by atoms with Gasteiger partial charge in [0.2, 0.25) is 0 Å². The first-order valence-electron chi connectivity index (χ1n) is 21.4. The number of carbonyl (C=O) groups excluding carboxylic acids is 1. The van der Waals surface area contributed by atoms with Crippen LogP contribution >= 0.6 is 31.2 Å². The fourth-order valence-electron chi connectivity index (χ4n) is 7.76. The molecule has 6 rings (SSSR count). The molecule has 0 bridgehead atoms. The Kier molecular flexibility index (Phi) is 17.9. The van der Waals surface area contributed by atoms with Crippen molar-refractivity contribution in [2.75, 3.05) is 55.3 Å². The van der Waals surface area contributed by atoms with Crippen LogP contribution in [0.1, 0.15) is 48.2 Å². The second kappa shape index (κ2) is 23.0. The number of benzene rings is 5. The molecule has 5 N–H and O–H groups in total. The maximum absolute atomic E-state index is 14.2. The molecule has 1 aliphatic heterocycles. The first-order valence-corrected chi connectivity index (χ1v) is 27.3. The van der Waals surface area contributed by atoms with E-state index >= 15 is 0 Å². The van der Waals surface area contributed by atoms with Gasteiger partial charge in [0.05, 0.1) is 23.3 Å². The monoisotopic (exact) mass is 1040 g/mol. The van der Waals surface area contributed by atoms with E-state index in [2.05, 4.69) is 14.7 Å². The quantitative estimate of drug-likeness (QED) is 0.0345. The maximum Gasteiger partial charge on any atom is 0.501 e. The van der Waals surface area contributed by atoms with Crippen LogP contribution in [0.4, 0.5) is 24.5 Å². The minimum absolute atomic E-state index is 0.0409. The highest BCUT2D eigenvalue weighted by Gasteiger charge is 2.48. The highest BCUT2D eigenvalue weighted by Crippen LogP contribution is 2.39. The van der Waals surface area contributed by atoms with Crippen LogP contribution in [-0.2, 0) is 28.9 Å². The Morgan fingerprint density at radius 2 is 1.56 bits per heavy atom. The number of piperidine rings is 1. The summed E-state index contributed by atoms with van der Waals surface area (Å²) in [6, 6.07) is 31.6. The fourth-order valence-corrected chi connectivity index (χ4v) is 11.2. The molecule has 0 saturated carbocycles. The maximum atomic E-state index is 14.2. The average molecular weight is 1040 g/mol. The number of halogens is 4. The lowest BCUT2D eigenvalue weighted by molar-refractivity contribution is -0.0436. The fraction of sp³-hybridized carbons (Fsp3) is 0.326. The molecule has 1 fully saturated rings. The normalized spacial score (nSPS) is 15.0. The van der Waals surface area contributed by atoms with Gasteiger partial charge in [0.15, 0.2) is 0 Å². The molecule has 5 aromatic rings. The Hall–Kier alpha value is -4.47. The Balaban J connectivity index is 1.14. The molecule has 0 aliphatic carbocycles. The van der Waals surface area contributed by atoms with Crippen LogP contribution < -0.4 is 14.9 Å². The number of thioether (sulfide) groups is 1. The smallest absolute Gasteiger partial charge is 0.388 e. The SMILES string of the molecule is CCN(CCOP(=O)(O)O)CCC(CSc1ccccc1)Nc1ccc(S(=O)(=O)NC(=O)c2ccc(N3CCC([C@@H](O)c4ccccc4-c4ccc(Cl)cc4)CC3)cc2)cc1S(=O)(=O)C(F)(F)F. The lowest BCUT2D eigenvalue weighted by atomic mass is 9.84. The van der Waals surface area contributed by atoms with Gasteiger partial charge in [0, 0.05) is 59.1 Å². The van der Waals surface area contributed by atoms with Crippen molar-refractivity contribution in [1.29, 1.82) is 0 Å². The highest BCUT2D eigenvalue weighted by molar-refractivity contribution is 7.99. The minimum atomic E-state index is -6.17. The number of sulfone groups is 1. The highest BCUT2D eigenvalue weighted by atomic mass is 35.5. The number of rotatable bonds is 21. The number of nitrogens with zero attached hydrogens (tertiary/aromatic N) is 2. The van der Waals surface area contributed by atoms with Crippen LogP contribution in [0.25, 0.3) is 11.1 Å². The third kappa shape index (κ3) is 14.1. The Morgan fingerprint density at radius 3 is 2.19 bits per heavy atom. The van der Waals surface area contributed by atoms with Crippen molar-refractivity contribution in [3.63, 3.8) is 0 Å². The summed E-state index contributed by atoms with van der Waals surface area (Å²) in [6.45, 7) is 3.40. The van der Waals surface area contributed by atoms with Gasteiger partial charge in [0.25, 0.3) is 25.8 Å².